The average Bonchev–Trinajstić information content (AvgIpc) is 3.95. The minimum Gasteiger partial charge on any atom is -0.508 e. The molecule has 11 N–H and O–H groups in total. The summed E-state index contributed by atoms with van der Waals surface area (Å²) < 4.78 is 29.3. The molecular formula is C60H52O16. The van der Waals surface area contributed by atoms with Crippen molar-refractivity contribution in [3.8, 4) is 92.0 Å². The summed E-state index contributed by atoms with van der Waals surface area (Å²) in [6.45, 7) is 0. The van der Waals surface area contributed by atoms with Gasteiger partial charge in [0.25, 0.3) is 0 Å². The van der Waals surface area contributed by atoms with E-state index in [-0.39, 0.29) is 103 Å². The van der Waals surface area contributed by atoms with Crippen molar-refractivity contribution in [2.45, 2.75) is 35.7 Å². The lowest BCUT2D eigenvalue weighted by Crippen LogP contribution is -2.32. The lowest BCUT2D eigenvalue weighted by atomic mass is 9.56. The molecule has 76 heavy (non-hydrogen) atoms. The van der Waals surface area contributed by atoms with E-state index >= 15 is 0 Å². The van der Waals surface area contributed by atoms with E-state index in [2.05, 4.69) is 0 Å². The number of phenolic OH excluding ortho intramolecular Hbond substituents is 11. The lowest BCUT2D eigenvalue weighted by Gasteiger charge is -2.46. The number of rotatable bonds is 12. The zero-order chi connectivity index (χ0) is 53.9. The van der Waals surface area contributed by atoms with Crippen molar-refractivity contribution in [3.63, 3.8) is 0 Å². The van der Waals surface area contributed by atoms with Crippen LogP contribution in [0.5, 0.6) is 92.0 Å². The summed E-state index contributed by atoms with van der Waals surface area (Å²) in [7, 11) is 5.57. The molecule has 8 aromatic rings. The smallest absolute Gasteiger partial charge is 0.161 e. The molecule has 8 aromatic carbocycles. The standard InChI is InChI=1S/C60H52O16/c1-72-47-15-28(6-11-41(47)66)5-10-39-56(46(71)27-51-58(39)55(33-18-36(63)24-37(64)19-33)60(76-51)31-9-14-44(69)50(22-31)75-4)59-40-25-38(65)26-45(70)57(40)54(32-16-34(61)23-35(62)17-32)52(29-7-12-42(67)48(20-29)73-2)53(59)30-8-13-43(68)49(21-30)74-3/h5-27,52-55,59-71H,1-4H3/b10-5+/t52-,53+,54+,55+,59+,60-/m1/s1. The number of phenols is 11. The van der Waals surface area contributed by atoms with Crippen LogP contribution in [-0.2, 0) is 0 Å². The molecule has 0 bridgehead atoms. The molecule has 16 heteroatoms. The van der Waals surface area contributed by atoms with Gasteiger partial charge in [0.15, 0.2) is 46.0 Å². The third kappa shape index (κ3) is 8.78. The molecule has 0 spiro atoms. The van der Waals surface area contributed by atoms with Crippen molar-refractivity contribution in [2.75, 3.05) is 28.4 Å². The molecule has 388 valence electrons. The van der Waals surface area contributed by atoms with Crippen LogP contribution in [0.25, 0.3) is 12.2 Å². The van der Waals surface area contributed by atoms with Crippen LogP contribution < -0.4 is 23.7 Å². The highest BCUT2D eigenvalue weighted by Gasteiger charge is 2.50. The van der Waals surface area contributed by atoms with E-state index < -0.39 is 41.4 Å². The third-order valence-electron chi connectivity index (χ3n) is 14.4. The van der Waals surface area contributed by atoms with Crippen LogP contribution in [0, 0.1) is 0 Å². The maximum Gasteiger partial charge on any atom is 0.161 e. The van der Waals surface area contributed by atoms with Gasteiger partial charge in [-0.2, -0.15) is 0 Å². The van der Waals surface area contributed by atoms with Crippen LogP contribution in [0.3, 0.4) is 0 Å². The van der Waals surface area contributed by atoms with Gasteiger partial charge in [-0.3, -0.25) is 0 Å². The van der Waals surface area contributed by atoms with Crippen molar-refractivity contribution in [3.05, 3.63) is 189 Å². The maximum atomic E-state index is 13.1. The molecule has 6 atom stereocenters. The SMILES string of the molecule is COc1cc(/C=C/c2c([C@H]3c4cc(O)cc(O)c4[C@@H](c4cc(O)cc(O)c4)[C@H](c4ccc(O)c(OC)c4)[C@@H]3c3ccc(O)c(OC)c3)c(O)cc3c2[C@H](c2cc(O)cc(O)c2)[C@@H](c2ccc(O)c(OC)c2)O3)ccc1O. The summed E-state index contributed by atoms with van der Waals surface area (Å²) in [5.41, 5.74) is 4.09. The Balaban J connectivity index is 1.38. The van der Waals surface area contributed by atoms with Gasteiger partial charge < -0.3 is 79.9 Å². The maximum absolute atomic E-state index is 13.1. The highest BCUT2D eigenvalue weighted by atomic mass is 16.5. The highest BCUT2D eigenvalue weighted by molar-refractivity contribution is 5.81. The predicted octanol–water partition coefficient (Wildman–Crippen LogP) is 10.8. The number of ether oxygens (including phenoxy) is 5. The van der Waals surface area contributed by atoms with E-state index in [1.54, 1.807) is 60.7 Å². The Hall–Kier alpha value is -9.70. The number of methoxy groups -OCH3 is 4. The Kier molecular flexibility index (Phi) is 12.9. The lowest BCUT2D eigenvalue weighted by molar-refractivity contribution is 0.221. The first-order valence-corrected chi connectivity index (χ1v) is 23.8. The summed E-state index contributed by atoms with van der Waals surface area (Å²) in [5.74, 6) is -7.40. The molecule has 0 aromatic heterocycles. The van der Waals surface area contributed by atoms with Crippen molar-refractivity contribution < 1.29 is 79.9 Å². The molecule has 2 aliphatic rings. The minimum atomic E-state index is -1.17. The van der Waals surface area contributed by atoms with E-state index in [1.807, 2.05) is 0 Å². The molecule has 0 saturated heterocycles. The van der Waals surface area contributed by atoms with Crippen molar-refractivity contribution in [1.29, 1.82) is 0 Å². The number of hydrogen-bond acceptors (Lipinski definition) is 16. The number of aromatic hydroxyl groups is 11. The van der Waals surface area contributed by atoms with E-state index in [1.165, 1.54) is 101 Å². The van der Waals surface area contributed by atoms with Gasteiger partial charge in [-0.1, -0.05) is 36.4 Å². The summed E-state index contributed by atoms with van der Waals surface area (Å²) >= 11 is 0. The monoisotopic (exact) mass is 1030 g/mol. The molecule has 0 fully saturated rings. The van der Waals surface area contributed by atoms with E-state index in [4.69, 9.17) is 23.7 Å². The zero-order valence-electron chi connectivity index (χ0n) is 41.2. The first-order chi connectivity index (χ1) is 36.5. The Labute approximate surface area is 435 Å². The summed E-state index contributed by atoms with van der Waals surface area (Å²) in [4.78, 5) is 0. The Morgan fingerprint density at radius 3 is 1.32 bits per heavy atom. The van der Waals surface area contributed by atoms with Gasteiger partial charge in [-0.05, 0) is 123 Å². The fourth-order valence-electron chi connectivity index (χ4n) is 11.4. The molecule has 16 nitrogen and oxygen atoms in total. The second-order valence-electron chi connectivity index (χ2n) is 18.7. The van der Waals surface area contributed by atoms with Crippen LogP contribution in [0.15, 0.2) is 127 Å². The normalized spacial score (nSPS) is 18.6. The van der Waals surface area contributed by atoms with Gasteiger partial charge in [0.1, 0.15) is 52.1 Å². The van der Waals surface area contributed by atoms with Crippen LogP contribution in [-0.4, -0.2) is 84.6 Å². The van der Waals surface area contributed by atoms with E-state index in [0.717, 1.165) is 6.07 Å². The number of hydrogen-bond donors (Lipinski definition) is 11. The van der Waals surface area contributed by atoms with Crippen LogP contribution in [0.4, 0.5) is 0 Å². The van der Waals surface area contributed by atoms with Crippen molar-refractivity contribution in [1.82, 2.24) is 0 Å². The highest BCUT2D eigenvalue weighted by Crippen LogP contribution is 2.66. The molecular weight excluding hydrogens is 977 g/mol. The van der Waals surface area contributed by atoms with Gasteiger partial charge in [-0.15, -0.1) is 0 Å². The first-order valence-electron chi connectivity index (χ1n) is 23.8. The molecule has 1 aliphatic heterocycles. The van der Waals surface area contributed by atoms with Crippen molar-refractivity contribution in [2.24, 2.45) is 0 Å². The number of benzene rings is 8. The van der Waals surface area contributed by atoms with Gasteiger partial charge in [0.05, 0.1) is 34.4 Å². The molecule has 0 amide bonds. The van der Waals surface area contributed by atoms with E-state index in [9.17, 15) is 56.2 Å². The second kappa shape index (κ2) is 19.6. The predicted molar refractivity (Wildman–Crippen MR) is 279 cm³/mol. The number of fused-ring (bicyclic) bond motifs is 2. The molecule has 10 rings (SSSR count). The summed E-state index contributed by atoms with van der Waals surface area (Å²) in [6, 6.07) is 31.1. The topological polar surface area (TPSA) is 269 Å². The summed E-state index contributed by atoms with van der Waals surface area (Å²) in [5, 5.41) is 125. The molecule has 0 unspecified atom stereocenters. The molecule has 1 heterocycles. The van der Waals surface area contributed by atoms with Gasteiger partial charge in [0.2, 0.25) is 0 Å². The first kappa shape index (κ1) is 49.9. The largest absolute Gasteiger partial charge is 0.508 e. The average molecular weight is 1030 g/mol. The zero-order valence-corrected chi connectivity index (χ0v) is 41.2. The van der Waals surface area contributed by atoms with Crippen LogP contribution in [0.2, 0.25) is 0 Å². The summed E-state index contributed by atoms with van der Waals surface area (Å²) in [6.07, 6.45) is 2.45. The second-order valence-corrected chi connectivity index (χ2v) is 18.7. The van der Waals surface area contributed by atoms with Gasteiger partial charge >= 0.3 is 0 Å². The third-order valence-corrected chi connectivity index (χ3v) is 14.4. The van der Waals surface area contributed by atoms with E-state index in [0.29, 0.717) is 44.5 Å². The molecule has 1 aliphatic carbocycles. The van der Waals surface area contributed by atoms with Gasteiger partial charge in [0, 0.05) is 64.6 Å². The fourth-order valence-corrected chi connectivity index (χ4v) is 11.4. The van der Waals surface area contributed by atoms with Gasteiger partial charge in [-0.25, -0.2) is 0 Å². The Morgan fingerprint density at radius 1 is 0.355 bits per heavy atom. The minimum absolute atomic E-state index is 0.0679. The van der Waals surface area contributed by atoms with Crippen LogP contribution >= 0.6 is 0 Å². The molecule has 0 saturated carbocycles. The Morgan fingerprint density at radius 2 is 0.789 bits per heavy atom. The fraction of sp³-hybridized carbons (Fsp3) is 0.167. The van der Waals surface area contributed by atoms with Crippen molar-refractivity contribution >= 4 is 12.2 Å². The Bertz CT molecular complexity index is 3570. The quantitative estimate of drug-likeness (QED) is 0.0508. The van der Waals surface area contributed by atoms with Crippen LogP contribution in [0.1, 0.15) is 96.9 Å². The molecule has 0 radical (unpaired) electrons.